The summed E-state index contributed by atoms with van der Waals surface area (Å²) in [7, 11) is 0. The molecule has 0 amide bonds. The van der Waals surface area contributed by atoms with E-state index in [2.05, 4.69) is 13.8 Å². The highest BCUT2D eigenvalue weighted by Crippen LogP contribution is 2.21. The van der Waals surface area contributed by atoms with E-state index in [1.165, 1.54) is 38.5 Å². The first-order chi connectivity index (χ1) is 6.78. The van der Waals surface area contributed by atoms with Crippen molar-refractivity contribution in [1.29, 1.82) is 0 Å². The number of rotatable bonds is 9. The van der Waals surface area contributed by atoms with E-state index in [1.807, 2.05) is 0 Å². The normalized spacial score (nSPS) is 15.4. The summed E-state index contributed by atoms with van der Waals surface area (Å²) < 4.78 is 0. The molecule has 2 atom stereocenters. The Kier molecular flexibility index (Phi) is 9.42. The molecule has 0 fully saturated rings. The minimum Gasteiger partial charge on any atom is -0.330 e. The first kappa shape index (κ1) is 13.9. The average molecular weight is 200 g/mol. The second-order valence-electron chi connectivity index (χ2n) is 4.28. The molecule has 0 aromatic heterocycles. The van der Waals surface area contributed by atoms with Crippen LogP contribution in [0.15, 0.2) is 0 Å². The second kappa shape index (κ2) is 9.47. The van der Waals surface area contributed by atoms with E-state index >= 15 is 0 Å². The van der Waals surface area contributed by atoms with E-state index < -0.39 is 0 Å². The lowest BCUT2D eigenvalue weighted by atomic mass is 9.89. The van der Waals surface area contributed by atoms with Crippen LogP contribution in [-0.2, 0) is 0 Å². The van der Waals surface area contributed by atoms with Crippen LogP contribution in [0.4, 0.5) is 0 Å². The number of hydrogen-bond donors (Lipinski definition) is 2. The van der Waals surface area contributed by atoms with Crippen molar-refractivity contribution in [3.05, 3.63) is 0 Å². The van der Waals surface area contributed by atoms with Gasteiger partial charge in [-0.3, -0.25) is 0 Å². The van der Waals surface area contributed by atoms with Gasteiger partial charge in [0, 0.05) is 0 Å². The van der Waals surface area contributed by atoms with Crippen molar-refractivity contribution in [2.75, 3.05) is 13.1 Å². The fourth-order valence-electron chi connectivity index (χ4n) is 2.05. The number of nitrogens with two attached hydrogens (primary N) is 2. The summed E-state index contributed by atoms with van der Waals surface area (Å²) in [5.74, 6) is 1.68. The lowest BCUT2D eigenvalue weighted by molar-refractivity contribution is 0.354. The zero-order valence-electron chi connectivity index (χ0n) is 9.97. The maximum atomic E-state index is 5.58. The van der Waals surface area contributed by atoms with Crippen molar-refractivity contribution >= 4 is 0 Å². The van der Waals surface area contributed by atoms with Crippen molar-refractivity contribution in [3.63, 3.8) is 0 Å². The van der Waals surface area contributed by atoms with E-state index in [1.54, 1.807) is 0 Å². The zero-order chi connectivity index (χ0) is 10.8. The molecule has 0 bridgehead atoms. The minimum absolute atomic E-state index is 0.839. The molecule has 0 aromatic rings. The van der Waals surface area contributed by atoms with E-state index in [9.17, 15) is 0 Å². The van der Waals surface area contributed by atoms with Crippen LogP contribution in [0.2, 0.25) is 0 Å². The Bertz CT molecular complexity index is 101. The molecular weight excluding hydrogens is 172 g/mol. The summed E-state index contributed by atoms with van der Waals surface area (Å²) >= 11 is 0. The summed E-state index contributed by atoms with van der Waals surface area (Å²) in [4.78, 5) is 0. The maximum Gasteiger partial charge on any atom is -0.00746 e. The van der Waals surface area contributed by atoms with Gasteiger partial charge in [0.25, 0.3) is 0 Å². The van der Waals surface area contributed by atoms with Crippen LogP contribution in [-0.4, -0.2) is 13.1 Å². The molecule has 0 heterocycles. The topological polar surface area (TPSA) is 52.0 Å². The van der Waals surface area contributed by atoms with Crippen molar-refractivity contribution in [1.82, 2.24) is 0 Å². The van der Waals surface area contributed by atoms with E-state index in [-0.39, 0.29) is 0 Å². The average Bonchev–Trinajstić information content (AvgIpc) is 2.22. The van der Waals surface area contributed by atoms with Gasteiger partial charge in [-0.25, -0.2) is 0 Å². The highest BCUT2D eigenvalue weighted by molar-refractivity contribution is 4.63. The Labute approximate surface area is 89.4 Å². The molecule has 2 nitrogen and oxygen atoms in total. The standard InChI is InChI=1S/C12H28N2/c1-3-11(7-9-13)5-6-12(4-2)8-10-14/h11-12H,3-10,13-14H2,1-2H3. The number of hydrogen-bond acceptors (Lipinski definition) is 2. The lowest BCUT2D eigenvalue weighted by Crippen LogP contribution is -2.12. The summed E-state index contributed by atoms with van der Waals surface area (Å²) in [6.45, 7) is 6.22. The molecular formula is C12H28N2. The molecule has 2 heteroatoms. The molecule has 0 aliphatic rings. The van der Waals surface area contributed by atoms with Gasteiger partial charge in [-0.1, -0.05) is 39.5 Å². The summed E-state index contributed by atoms with van der Waals surface area (Å²) in [6, 6.07) is 0. The van der Waals surface area contributed by atoms with Crippen molar-refractivity contribution < 1.29 is 0 Å². The van der Waals surface area contributed by atoms with E-state index in [0.717, 1.165) is 24.9 Å². The fraction of sp³-hybridized carbons (Fsp3) is 1.00. The summed E-state index contributed by atoms with van der Waals surface area (Å²) in [6.07, 6.45) is 7.61. The molecule has 0 spiro atoms. The van der Waals surface area contributed by atoms with E-state index in [0.29, 0.717) is 0 Å². The molecule has 0 aliphatic carbocycles. The predicted molar refractivity (Wildman–Crippen MR) is 64.1 cm³/mol. The first-order valence-corrected chi connectivity index (χ1v) is 6.18. The largest absolute Gasteiger partial charge is 0.330 e. The van der Waals surface area contributed by atoms with Crippen LogP contribution in [0.25, 0.3) is 0 Å². The van der Waals surface area contributed by atoms with Gasteiger partial charge < -0.3 is 11.5 Å². The smallest absolute Gasteiger partial charge is 0.00746 e. The van der Waals surface area contributed by atoms with Gasteiger partial charge in [-0.15, -0.1) is 0 Å². The molecule has 14 heavy (non-hydrogen) atoms. The highest BCUT2D eigenvalue weighted by atomic mass is 14.5. The van der Waals surface area contributed by atoms with E-state index in [4.69, 9.17) is 11.5 Å². The fourth-order valence-corrected chi connectivity index (χ4v) is 2.05. The molecule has 0 radical (unpaired) electrons. The Morgan fingerprint density at radius 1 is 0.714 bits per heavy atom. The summed E-state index contributed by atoms with van der Waals surface area (Å²) in [5.41, 5.74) is 11.2. The lowest BCUT2D eigenvalue weighted by Gasteiger charge is -2.18. The van der Waals surface area contributed by atoms with Crippen LogP contribution >= 0.6 is 0 Å². The Morgan fingerprint density at radius 3 is 1.29 bits per heavy atom. The first-order valence-electron chi connectivity index (χ1n) is 6.18. The molecule has 0 rings (SSSR count). The van der Waals surface area contributed by atoms with Gasteiger partial charge in [0.2, 0.25) is 0 Å². The van der Waals surface area contributed by atoms with Gasteiger partial charge in [0.15, 0.2) is 0 Å². The Morgan fingerprint density at radius 2 is 1.07 bits per heavy atom. The molecule has 4 N–H and O–H groups in total. The van der Waals surface area contributed by atoms with Gasteiger partial charge in [0.05, 0.1) is 0 Å². The summed E-state index contributed by atoms with van der Waals surface area (Å²) in [5, 5.41) is 0. The monoisotopic (exact) mass is 200 g/mol. The van der Waals surface area contributed by atoms with Gasteiger partial charge in [0.1, 0.15) is 0 Å². The molecule has 0 aromatic carbocycles. The quantitative estimate of drug-likeness (QED) is 0.601. The van der Waals surface area contributed by atoms with Crippen LogP contribution in [0, 0.1) is 11.8 Å². The second-order valence-corrected chi connectivity index (χ2v) is 4.28. The van der Waals surface area contributed by atoms with Crippen LogP contribution in [0.5, 0.6) is 0 Å². The Balaban J connectivity index is 3.63. The molecule has 2 unspecified atom stereocenters. The van der Waals surface area contributed by atoms with Gasteiger partial charge in [-0.2, -0.15) is 0 Å². The minimum atomic E-state index is 0.839. The van der Waals surface area contributed by atoms with Crippen LogP contribution < -0.4 is 11.5 Å². The third-order valence-electron chi connectivity index (χ3n) is 3.29. The van der Waals surface area contributed by atoms with Crippen molar-refractivity contribution in [3.8, 4) is 0 Å². The molecule has 0 saturated carbocycles. The highest BCUT2D eigenvalue weighted by Gasteiger charge is 2.10. The van der Waals surface area contributed by atoms with Crippen LogP contribution in [0.1, 0.15) is 52.4 Å². The van der Waals surface area contributed by atoms with Crippen LogP contribution in [0.3, 0.4) is 0 Å². The van der Waals surface area contributed by atoms with Gasteiger partial charge in [-0.05, 0) is 37.8 Å². The maximum absolute atomic E-state index is 5.58. The molecule has 0 saturated heterocycles. The third-order valence-corrected chi connectivity index (χ3v) is 3.29. The van der Waals surface area contributed by atoms with Crippen molar-refractivity contribution in [2.45, 2.75) is 52.4 Å². The SMILES string of the molecule is CCC(CCN)CCC(CC)CCN. The van der Waals surface area contributed by atoms with Crippen molar-refractivity contribution in [2.24, 2.45) is 23.3 Å². The predicted octanol–water partition coefficient (Wildman–Crippen LogP) is 2.52. The van der Waals surface area contributed by atoms with Gasteiger partial charge >= 0.3 is 0 Å². The molecule has 86 valence electrons. The molecule has 0 aliphatic heterocycles. The third kappa shape index (κ3) is 6.39. The zero-order valence-corrected chi connectivity index (χ0v) is 9.97. The Hall–Kier alpha value is -0.0800.